The second kappa shape index (κ2) is 18.9. The maximum atomic E-state index is 13.8. The summed E-state index contributed by atoms with van der Waals surface area (Å²) in [6.07, 6.45) is 4.67. The van der Waals surface area contributed by atoms with Gasteiger partial charge in [0, 0.05) is 9.75 Å². The molecule has 2 aliphatic carbocycles. The van der Waals surface area contributed by atoms with E-state index in [0.29, 0.717) is 45.8 Å². The summed E-state index contributed by atoms with van der Waals surface area (Å²) in [6, 6.07) is 2.30. The van der Waals surface area contributed by atoms with Crippen LogP contribution in [0.1, 0.15) is 133 Å². The molecule has 3 aliphatic rings. The van der Waals surface area contributed by atoms with Gasteiger partial charge in [-0.1, -0.05) is 27.7 Å². The number of anilines is 2. The van der Waals surface area contributed by atoms with Crippen molar-refractivity contribution in [2.75, 3.05) is 37.1 Å². The van der Waals surface area contributed by atoms with Crippen molar-refractivity contribution < 1.29 is 57.3 Å². The molecule has 0 fully saturated rings. The highest BCUT2D eigenvalue weighted by Crippen LogP contribution is 2.41. The van der Waals surface area contributed by atoms with Crippen LogP contribution in [0.2, 0.25) is 0 Å². The number of thiophene rings is 2. The normalized spacial score (nSPS) is 17.3. The highest BCUT2D eigenvalue weighted by molar-refractivity contribution is 7.17. The molecule has 0 bridgehead atoms. The summed E-state index contributed by atoms with van der Waals surface area (Å²) in [5.74, 6) is -5.43. The van der Waals surface area contributed by atoms with Gasteiger partial charge in [-0.15, -0.1) is 22.7 Å². The molecule has 0 saturated carbocycles. The fourth-order valence-corrected chi connectivity index (χ4v) is 10.5. The molecule has 3 aromatic rings. The van der Waals surface area contributed by atoms with Crippen molar-refractivity contribution in [1.82, 2.24) is 4.90 Å². The number of carbonyl (C=O) groups excluding carboxylic acids is 8. The first-order valence-electron chi connectivity index (χ1n) is 20.2. The molecule has 3 atom stereocenters. The third-order valence-electron chi connectivity index (χ3n) is 10.6. The number of amides is 4. The van der Waals surface area contributed by atoms with Crippen LogP contribution in [0.3, 0.4) is 0 Å². The average molecular weight is 864 g/mol. The average Bonchev–Trinajstić information content (AvgIpc) is 3.82. The maximum absolute atomic E-state index is 13.8. The van der Waals surface area contributed by atoms with Gasteiger partial charge in [-0.3, -0.25) is 24.1 Å². The largest absolute Gasteiger partial charge is 0.462 e. The summed E-state index contributed by atoms with van der Waals surface area (Å²) in [6.45, 7) is 10.1. The van der Waals surface area contributed by atoms with Crippen LogP contribution in [0.25, 0.3) is 0 Å². The predicted molar refractivity (Wildman–Crippen MR) is 222 cm³/mol. The van der Waals surface area contributed by atoms with Crippen LogP contribution in [0, 0.1) is 17.8 Å². The van der Waals surface area contributed by atoms with Gasteiger partial charge in [0.05, 0.1) is 41.0 Å². The van der Waals surface area contributed by atoms with Crippen molar-refractivity contribution in [3.63, 3.8) is 0 Å². The van der Waals surface area contributed by atoms with E-state index in [2.05, 4.69) is 24.5 Å². The first-order chi connectivity index (χ1) is 28.6. The Bertz CT molecular complexity index is 2240. The molecule has 60 heavy (non-hydrogen) atoms. The Morgan fingerprint density at radius 2 is 1.22 bits per heavy atom. The Balaban J connectivity index is 1.10. The van der Waals surface area contributed by atoms with Crippen LogP contribution in [-0.4, -0.2) is 84.9 Å². The predicted octanol–water partition coefficient (Wildman–Crippen LogP) is 6.40. The summed E-state index contributed by atoms with van der Waals surface area (Å²) in [5.41, 5.74) is 1.99. The lowest BCUT2D eigenvalue weighted by Gasteiger charge is -2.25. The van der Waals surface area contributed by atoms with E-state index in [1.54, 1.807) is 27.7 Å². The van der Waals surface area contributed by atoms with Crippen molar-refractivity contribution in [1.29, 1.82) is 0 Å². The minimum absolute atomic E-state index is 0.0168. The Kier molecular flexibility index (Phi) is 13.9. The van der Waals surface area contributed by atoms with Crippen LogP contribution in [0.4, 0.5) is 10.0 Å². The molecule has 0 radical (unpaired) electrons. The van der Waals surface area contributed by atoms with Crippen molar-refractivity contribution in [2.45, 2.75) is 92.5 Å². The summed E-state index contributed by atoms with van der Waals surface area (Å²) >= 11 is 2.58. The van der Waals surface area contributed by atoms with E-state index in [-0.39, 0.29) is 42.2 Å². The van der Waals surface area contributed by atoms with E-state index in [1.807, 2.05) is 0 Å². The molecule has 6 rings (SSSR count). The van der Waals surface area contributed by atoms with Crippen LogP contribution in [0.5, 0.6) is 0 Å². The number of rotatable bonds is 15. The zero-order chi connectivity index (χ0) is 43.4. The number of nitrogens with one attached hydrogen (secondary N) is 2. The van der Waals surface area contributed by atoms with E-state index < -0.39 is 66.8 Å². The summed E-state index contributed by atoms with van der Waals surface area (Å²) in [5, 5.41) is 6.01. The molecule has 3 heterocycles. The second-order valence-corrected chi connectivity index (χ2v) is 17.9. The molecule has 1 aromatic carbocycles. The van der Waals surface area contributed by atoms with E-state index in [0.717, 1.165) is 57.5 Å². The number of esters is 4. The van der Waals surface area contributed by atoms with Gasteiger partial charge in [-0.05, 0) is 106 Å². The third-order valence-corrected chi connectivity index (χ3v) is 12.9. The molecular weight excluding hydrogens is 815 g/mol. The van der Waals surface area contributed by atoms with E-state index >= 15 is 0 Å². The topological polar surface area (TPSA) is 201 Å². The van der Waals surface area contributed by atoms with Crippen molar-refractivity contribution >= 4 is 80.2 Å². The first kappa shape index (κ1) is 44.1. The number of ether oxygens (including phenoxy) is 4. The maximum Gasteiger partial charge on any atom is 0.341 e. The SMILES string of the molecule is CCOC(=O)c1c(NC(=O)COC(=O)c2ccc3c(c2)C(=O)N([C@@H](CC(C)C)C(=O)OCC(=O)Nc2sc4c(c2C(=O)OCC)CC[C@@H](C)C4)C3=O)sc2c1CC[C@@H](C)C2. The third kappa shape index (κ3) is 9.46. The Labute approximate surface area is 355 Å². The number of fused-ring (bicyclic) bond motifs is 3. The number of imide groups is 1. The van der Waals surface area contributed by atoms with E-state index in [4.69, 9.17) is 18.9 Å². The molecule has 2 N–H and O–H groups in total. The second-order valence-electron chi connectivity index (χ2n) is 15.7. The van der Waals surface area contributed by atoms with Gasteiger partial charge in [0.2, 0.25) is 0 Å². The Morgan fingerprint density at radius 1 is 0.717 bits per heavy atom. The van der Waals surface area contributed by atoms with Crippen LogP contribution >= 0.6 is 22.7 Å². The Morgan fingerprint density at radius 3 is 1.72 bits per heavy atom. The molecule has 0 spiro atoms. The fraction of sp³-hybridized carbons (Fsp3) is 0.488. The van der Waals surface area contributed by atoms with Gasteiger partial charge in [0.25, 0.3) is 23.6 Å². The minimum Gasteiger partial charge on any atom is -0.462 e. The molecule has 0 saturated heterocycles. The molecular formula is C43H49N3O12S2. The van der Waals surface area contributed by atoms with Crippen molar-refractivity contribution in [3.05, 3.63) is 66.9 Å². The van der Waals surface area contributed by atoms with Crippen LogP contribution in [-0.2, 0) is 59.0 Å². The first-order valence-corrected chi connectivity index (χ1v) is 21.8. The zero-order valence-corrected chi connectivity index (χ0v) is 36.1. The van der Waals surface area contributed by atoms with E-state index in [9.17, 15) is 38.4 Å². The number of benzene rings is 1. The summed E-state index contributed by atoms with van der Waals surface area (Å²) in [4.78, 5) is 109. The number of hydrogen-bond acceptors (Lipinski definition) is 14. The number of carbonyl (C=O) groups is 8. The highest BCUT2D eigenvalue weighted by Gasteiger charge is 2.44. The lowest BCUT2D eigenvalue weighted by molar-refractivity contribution is -0.151. The quantitative estimate of drug-likeness (QED) is 0.0969. The molecule has 2 aromatic heterocycles. The number of nitrogens with zero attached hydrogens (tertiary/aromatic N) is 1. The monoisotopic (exact) mass is 863 g/mol. The van der Waals surface area contributed by atoms with Crippen molar-refractivity contribution in [3.8, 4) is 0 Å². The van der Waals surface area contributed by atoms with Crippen molar-refractivity contribution in [2.24, 2.45) is 17.8 Å². The summed E-state index contributed by atoms with van der Waals surface area (Å²) in [7, 11) is 0. The van der Waals surface area contributed by atoms with Gasteiger partial charge in [0.15, 0.2) is 13.2 Å². The molecule has 17 heteroatoms. The van der Waals surface area contributed by atoms with E-state index in [1.165, 1.54) is 34.8 Å². The van der Waals surface area contributed by atoms with Gasteiger partial charge in [0.1, 0.15) is 16.0 Å². The van der Waals surface area contributed by atoms with Crippen LogP contribution in [0.15, 0.2) is 18.2 Å². The lowest BCUT2D eigenvalue weighted by Crippen LogP contribution is -2.46. The molecule has 0 unspecified atom stereocenters. The lowest BCUT2D eigenvalue weighted by atomic mass is 9.88. The molecule has 4 amide bonds. The summed E-state index contributed by atoms with van der Waals surface area (Å²) < 4.78 is 21.2. The zero-order valence-electron chi connectivity index (χ0n) is 34.5. The van der Waals surface area contributed by atoms with Crippen LogP contribution < -0.4 is 10.6 Å². The smallest absolute Gasteiger partial charge is 0.341 e. The number of hydrogen-bond donors (Lipinski definition) is 2. The standard InChI is InChI=1S/C43H49N3O12S2/c1-7-55-42(53)34-26-12-9-22(5)16-30(26)59-36(34)44-32(47)19-57-40(51)24-11-14-25-28(18-24)39(50)46(38(25)49)29(15-21(3)4)41(52)58-20-33(48)45-37-35(43(54)56-8-2)27-13-10-23(6)17-31(27)60-37/h11,14,18,21-23,29H,7-10,12-13,15-17,19-20H2,1-6H3,(H,44,47)(H,45,48)/t22-,23-,29+/m1/s1. The molecule has 320 valence electrons. The fourth-order valence-electron chi connectivity index (χ4n) is 7.71. The minimum atomic E-state index is -1.40. The molecule has 1 aliphatic heterocycles. The molecule has 15 nitrogen and oxygen atoms in total. The van der Waals surface area contributed by atoms with Gasteiger partial charge < -0.3 is 29.6 Å². The Hall–Kier alpha value is -5.42. The van der Waals surface area contributed by atoms with Gasteiger partial charge in [-0.25, -0.2) is 19.2 Å². The van der Waals surface area contributed by atoms with Gasteiger partial charge >= 0.3 is 23.9 Å². The van der Waals surface area contributed by atoms with Gasteiger partial charge in [-0.2, -0.15) is 0 Å². The highest BCUT2D eigenvalue weighted by atomic mass is 32.1.